The van der Waals surface area contributed by atoms with Gasteiger partial charge in [-0.25, -0.2) is 9.97 Å². The van der Waals surface area contributed by atoms with Crippen molar-refractivity contribution >= 4 is 27.2 Å². The third kappa shape index (κ3) is 3.05. The maximum absolute atomic E-state index is 5.98. The minimum Gasteiger partial charge on any atom is -0.370 e. The lowest BCUT2D eigenvalue weighted by atomic mass is 9.94. The first-order chi connectivity index (χ1) is 11.8. The molecule has 134 valence electrons. The van der Waals surface area contributed by atoms with E-state index in [0.717, 1.165) is 41.6 Å². The Morgan fingerprint density at radius 3 is 2.88 bits per heavy atom. The molecular formula is C18H26N5OS+. The van der Waals surface area contributed by atoms with Gasteiger partial charge in [-0.3, -0.25) is 0 Å². The van der Waals surface area contributed by atoms with Crippen LogP contribution in [0.25, 0.3) is 15.9 Å². The summed E-state index contributed by atoms with van der Waals surface area (Å²) >= 11 is 1.74. The van der Waals surface area contributed by atoms with Crippen LogP contribution in [-0.4, -0.2) is 31.7 Å². The second-order valence-electron chi connectivity index (χ2n) is 7.95. The molecule has 4 rings (SSSR count). The van der Waals surface area contributed by atoms with Gasteiger partial charge >= 0.3 is 0 Å². The Hall–Kier alpha value is -1.57. The lowest BCUT2D eigenvalue weighted by Gasteiger charge is -2.30. The minimum absolute atomic E-state index is 0.142. The Labute approximate surface area is 151 Å². The Bertz CT molecular complexity index is 940. The van der Waals surface area contributed by atoms with Crippen LogP contribution >= 0.6 is 11.3 Å². The number of aromatic nitrogens is 4. The highest BCUT2D eigenvalue weighted by Gasteiger charge is 2.31. The predicted octanol–water partition coefficient (Wildman–Crippen LogP) is 2.22. The maximum atomic E-state index is 5.98. The van der Waals surface area contributed by atoms with Crippen molar-refractivity contribution in [1.82, 2.24) is 19.6 Å². The Morgan fingerprint density at radius 2 is 2.12 bits per heavy atom. The largest absolute Gasteiger partial charge is 0.370 e. The Balaban J connectivity index is 1.81. The predicted molar refractivity (Wildman–Crippen MR) is 98.8 cm³/mol. The van der Waals surface area contributed by atoms with Crippen molar-refractivity contribution < 1.29 is 10.1 Å². The van der Waals surface area contributed by atoms with Crippen LogP contribution in [0.3, 0.4) is 0 Å². The molecule has 0 bridgehead atoms. The fraction of sp³-hybridized carbons (Fsp3) is 0.611. The van der Waals surface area contributed by atoms with Gasteiger partial charge in [-0.1, -0.05) is 13.8 Å². The molecule has 0 aromatic carbocycles. The highest BCUT2D eigenvalue weighted by Crippen LogP contribution is 2.39. The molecule has 0 saturated heterocycles. The summed E-state index contributed by atoms with van der Waals surface area (Å²) in [6, 6.07) is 0. The summed E-state index contributed by atoms with van der Waals surface area (Å²) in [5, 5.41) is 8.16. The van der Waals surface area contributed by atoms with Gasteiger partial charge in [0, 0.05) is 17.2 Å². The molecular weight excluding hydrogens is 334 g/mol. The van der Waals surface area contributed by atoms with E-state index in [0.29, 0.717) is 12.5 Å². The van der Waals surface area contributed by atoms with Crippen molar-refractivity contribution in [2.75, 3.05) is 6.54 Å². The summed E-state index contributed by atoms with van der Waals surface area (Å²) in [5.74, 6) is 2.44. The van der Waals surface area contributed by atoms with Crippen LogP contribution in [0.4, 0.5) is 0 Å². The molecule has 0 atom stereocenters. The van der Waals surface area contributed by atoms with E-state index in [2.05, 4.69) is 33.0 Å². The molecule has 0 saturated carbocycles. The molecule has 0 unspecified atom stereocenters. The highest BCUT2D eigenvalue weighted by molar-refractivity contribution is 7.19. The van der Waals surface area contributed by atoms with Gasteiger partial charge in [-0.2, -0.15) is 4.52 Å². The Kier molecular flexibility index (Phi) is 4.05. The van der Waals surface area contributed by atoms with Gasteiger partial charge in [0.2, 0.25) is 5.82 Å². The topological polar surface area (TPSA) is 68.9 Å². The minimum atomic E-state index is -0.142. The van der Waals surface area contributed by atoms with Crippen molar-refractivity contribution in [2.24, 2.45) is 5.92 Å². The van der Waals surface area contributed by atoms with Gasteiger partial charge in [0.05, 0.1) is 24.1 Å². The summed E-state index contributed by atoms with van der Waals surface area (Å²) in [7, 11) is 0. The van der Waals surface area contributed by atoms with E-state index in [9.17, 15) is 0 Å². The van der Waals surface area contributed by atoms with E-state index in [1.165, 1.54) is 15.8 Å². The van der Waals surface area contributed by atoms with Crippen molar-refractivity contribution in [1.29, 1.82) is 0 Å². The van der Waals surface area contributed by atoms with Crippen molar-refractivity contribution in [3.05, 3.63) is 22.1 Å². The summed E-state index contributed by atoms with van der Waals surface area (Å²) in [4.78, 5) is 12.0. The van der Waals surface area contributed by atoms with Crippen LogP contribution in [-0.2, 0) is 24.3 Å². The summed E-state index contributed by atoms with van der Waals surface area (Å²) in [5.41, 5.74) is 2.15. The zero-order chi connectivity index (χ0) is 17.8. The van der Waals surface area contributed by atoms with E-state index < -0.39 is 0 Å². The second-order valence-corrected chi connectivity index (χ2v) is 9.04. The monoisotopic (exact) mass is 360 g/mol. The molecule has 0 aliphatic carbocycles. The van der Waals surface area contributed by atoms with Crippen LogP contribution in [0.15, 0.2) is 0 Å². The second kappa shape index (κ2) is 6.00. The van der Waals surface area contributed by atoms with Gasteiger partial charge in [0.15, 0.2) is 5.65 Å². The standard InChI is InChI=1S/C18H25N5OS/c1-10(2)7-19-8-14-21-16-15-12-6-18(4,5)24-9-13(12)25-17(15)20-11(3)23(16)22-14/h10,19H,6-9H2,1-5H3/p+1. The summed E-state index contributed by atoms with van der Waals surface area (Å²) < 4.78 is 7.89. The van der Waals surface area contributed by atoms with E-state index in [1.54, 1.807) is 11.3 Å². The third-order valence-electron chi connectivity index (χ3n) is 4.68. The van der Waals surface area contributed by atoms with Gasteiger partial charge in [-0.15, -0.1) is 16.4 Å². The van der Waals surface area contributed by atoms with Crippen LogP contribution < -0.4 is 5.32 Å². The fourth-order valence-electron chi connectivity index (χ4n) is 3.42. The van der Waals surface area contributed by atoms with E-state index in [4.69, 9.17) is 19.8 Å². The zero-order valence-corrected chi connectivity index (χ0v) is 16.4. The zero-order valence-electron chi connectivity index (χ0n) is 15.6. The van der Waals surface area contributed by atoms with Gasteiger partial charge in [0.25, 0.3) is 0 Å². The first kappa shape index (κ1) is 16.9. The molecule has 0 amide bonds. The quantitative estimate of drug-likeness (QED) is 0.775. The van der Waals surface area contributed by atoms with Crippen LogP contribution in [0, 0.1) is 12.8 Å². The van der Waals surface area contributed by atoms with Crippen molar-refractivity contribution in [3.8, 4) is 0 Å². The number of aryl methyl sites for hydroxylation is 1. The normalized spacial score (nSPS) is 16.9. The molecule has 2 N–H and O–H groups in total. The summed E-state index contributed by atoms with van der Waals surface area (Å²) in [6.07, 6.45) is 0.893. The van der Waals surface area contributed by atoms with Crippen molar-refractivity contribution in [3.63, 3.8) is 0 Å². The molecule has 3 aromatic rings. The van der Waals surface area contributed by atoms with E-state index in [-0.39, 0.29) is 5.60 Å². The first-order valence-electron chi connectivity index (χ1n) is 8.96. The smallest absolute Gasteiger partial charge is 0.206 e. The van der Waals surface area contributed by atoms with Crippen molar-refractivity contribution in [2.45, 2.75) is 59.8 Å². The van der Waals surface area contributed by atoms with E-state index in [1.807, 2.05) is 11.4 Å². The first-order valence-corrected chi connectivity index (χ1v) is 9.78. The number of rotatable bonds is 4. The number of nitrogens with zero attached hydrogens (tertiary/aromatic N) is 4. The fourth-order valence-corrected chi connectivity index (χ4v) is 4.56. The van der Waals surface area contributed by atoms with E-state index >= 15 is 0 Å². The number of fused-ring (bicyclic) bond motifs is 5. The molecule has 25 heavy (non-hydrogen) atoms. The molecule has 0 fully saturated rings. The number of thiophene rings is 1. The average Bonchev–Trinajstić information content (AvgIpc) is 3.07. The lowest BCUT2D eigenvalue weighted by molar-refractivity contribution is -0.676. The van der Waals surface area contributed by atoms with Crippen LogP contribution in [0.1, 0.15) is 49.8 Å². The Morgan fingerprint density at radius 1 is 1.32 bits per heavy atom. The number of quaternary nitrogens is 1. The number of nitrogens with two attached hydrogens (primary N) is 1. The molecule has 6 nitrogen and oxygen atoms in total. The van der Waals surface area contributed by atoms with Gasteiger partial charge < -0.3 is 10.1 Å². The van der Waals surface area contributed by atoms with Crippen LogP contribution in [0.2, 0.25) is 0 Å². The number of hydrogen-bond donors (Lipinski definition) is 1. The molecule has 1 aliphatic heterocycles. The molecule has 4 heterocycles. The molecule has 1 aliphatic rings. The molecule has 7 heteroatoms. The molecule has 3 aromatic heterocycles. The van der Waals surface area contributed by atoms with Crippen LogP contribution in [0.5, 0.6) is 0 Å². The maximum Gasteiger partial charge on any atom is 0.206 e. The molecule has 0 radical (unpaired) electrons. The molecule has 0 spiro atoms. The van der Waals surface area contributed by atoms with Gasteiger partial charge in [0.1, 0.15) is 17.2 Å². The highest BCUT2D eigenvalue weighted by atomic mass is 32.1. The number of hydrogen-bond acceptors (Lipinski definition) is 5. The lowest BCUT2D eigenvalue weighted by Crippen LogP contribution is -2.83. The number of ether oxygens (including phenoxy) is 1. The van der Waals surface area contributed by atoms with Gasteiger partial charge in [-0.05, 0) is 26.3 Å². The average molecular weight is 361 g/mol. The SMILES string of the molecule is Cc1nc2sc3c(c2c2nc(C[NH2+]CC(C)C)nn12)CC(C)(C)OC3. The summed E-state index contributed by atoms with van der Waals surface area (Å²) in [6.45, 7) is 13.3. The third-order valence-corrected chi connectivity index (χ3v) is 5.78.